The quantitative estimate of drug-likeness (QED) is 0.371. The molecule has 0 saturated carbocycles. The highest BCUT2D eigenvalue weighted by Gasteiger charge is 2.18. The molecule has 0 spiro atoms. The van der Waals surface area contributed by atoms with Gasteiger partial charge in [0.25, 0.3) is 0 Å². The first kappa shape index (κ1) is 21.5. The summed E-state index contributed by atoms with van der Waals surface area (Å²) >= 11 is 1.44. The molecule has 2 heterocycles. The molecule has 8 nitrogen and oxygen atoms in total. The lowest BCUT2D eigenvalue weighted by Gasteiger charge is -2.10. The summed E-state index contributed by atoms with van der Waals surface area (Å²) in [5, 5.41) is 3.77. The number of esters is 1. The summed E-state index contributed by atoms with van der Waals surface area (Å²) < 4.78 is 16.9. The minimum atomic E-state index is -0.504. The molecule has 0 radical (unpaired) electrons. The number of benzene rings is 2. The lowest BCUT2D eigenvalue weighted by Crippen LogP contribution is -2.11. The van der Waals surface area contributed by atoms with Gasteiger partial charge in [-0.2, -0.15) is 0 Å². The molecule has 32 heavy (non-hydrogen) atoms. The largest absolute Gasteiger partial charge is 0.497 e. The van der Waals surface area contributed by atoms with Crippen LogP contribution in [0.25, 0.3) is 21.6 Å². The molecule has 0 bridgehead atoms. The van der Waals surface area contributed by atoms with Gasteiger partial charge in [-0.1, -0.05) is 11.3 Å². The zero-order valence-corrected chi connectivity index (χ0v) is 18.7. The van der Waals surface area contributed by atoms with Crippen LogP contribution in [0.5, 0.6) is 11.5 Å². The highest BCUT2D eigenvalue weighted by Crippen LogP contribution is 2.32. The molecule has 0 atom stereocenters. The molecule has 4 rings (SSSR count). The van der Waals surface area contributed by atoms with E-state index in [9.17, 15) is 4.79 Å². The molecule has 0 saturated heterocycles. The van der Waals surface area contributed by atoms with E-state index < -0.39 is 5.97 Å². The Morgan fingerprint density at radius 2 is 1.81 bits per heavy atom. The van der Waals surface area contributed by atoms with Gasteiger partial charge in [0.2, 0.25) is 0 Å². The van der Waals surface area contributed by atoms with Crippen LogP contribution in [-0.4, -0.2) is 41.2 Å². The van der Waals surface area contributed by atoms with Gasteiger partial charge in [0.05, 0.1) is 30.5 Å². The number of hydrogen-bond acceptors (Lipinski definition) is 9. The van der Waals surface area contributed by atoms with Crippen molar-refractivity contribution in [1.82, 2.24) is 15.0 Å². The number of rotatable bonds is 8. The van der Waals surface area contributed by atoms with Gasteiger partial charge in [-0.25, -0.2) is 19.7 Å². The van der Waals surface area contributed by atoms with E-state index in [0.717, 1.165) is 27.3 Å². The number of fused-ring (bicyclic) bond motifs is 1. The van der Waals surface area contributed by atoms with E-state index in [0.29, 0.717) is 23.4 Å². The van der Waals surface area contributed by atoms with Crippen LogP contribution in [0.15, 0.2) is 48.7 Å². The van der Waals surface area contributed by atoms with Crippen molar-refractivity contribution < 1.29 is 19.0 Å². The fourth-order valence-corrected chi connectivity index (χ4v) is 3.92. The predicted molar refractivity (Wildman–Crippen MR) is 124 cm³/mol. The monoisotopic (exact) mass is 450 g/mol. The van der Waals surface area contributed by atoms with Gasteiger partial charge < -0.3 is 19.5 Å². The van der Waals surface area contributed by atoms with Crippen LogP contribution in [0.1, 0.15) is 24.2 Å². The van der Waals surface area contributed by atoms with E-state index >= 15 is 0 Å². The Bertz CT molecular complexity index is 1240. The molecule has 0 aliphatic carbocycles. The number of hydrogen-bond donors (Lipinski definition) is 1. The normalized spacial score (nSPS) is 10.7. The standard InChI is InChI=1S/C23H22N4O4S/c1-4-30-16-10-11-18-19(12-16)32-23(25-18)27-21-17(22(28)31-5-2)13-24-20(26-21)14-6-8-15(29-3)9-7-14/h6-13H,4-5H2,1-3H3,(H,24,25,26,27). The number of methoxy groups -OCH3 is 1. The third-order valence-corrected chi connectivity index (χ3v) is 5.46. The molecule has 164 valence electrons. The molecule has 0 aliphatic heterocycles. The van der Waals surface area contributed by atoms with E-state index in [1.54, 1.807) is 14.0 Å². The van der Waals surface area contributed by atoms with Crippen LogP contribution in [0.2, 0.25) is 0 Å². The molecule has 0 unspecified atom stereocenters. The summed E-state index contributed by atoms with van der Waals surface area (Å²) in [6, 6.07) is 13.1. The minimum Gasteiger partial charge on any atom is -0.497 e. The first-order valence-electron chi connectivity index (χ1n) is 10.1. The van der Waals surface area contributed by atoms with Crippen molar-refractivity contribution in [2.75, 3.05) is 25.6 Å². The van der Waals surface area contributed by atoms with Crippen molar-refractivity contribution in [3.8, 4) is 22.9 Å². The third-order valence-electron chi connectivity index (χ3n) is 4.53. The van der Waals surface area contributed by atoms with Gasteiger partial charge in [0.15, 0.2) is 16.8 Å². The highest BCUT2D eigenvalue weighted by atomic mass is 32.1. The van der Waals surface area contributed by atoms with Gasteiger partial charge in [0, 0.05) is 11.8 Å². The highest BCUT2D eigenvalue weighted by molar-refractivity contribution is 7.22. The van der Waals surface area contributed by atoms with Gasteiger partial charge in [-0.05, 0) is 56.3 Å². The van der Waals surface area contributed by atoms with Crippen molar-refractivity contribution in [2.24, 2.45) is 0 Å². The van der Waals surface area contributed by atoms with E-state index in [4.69, 9.17) is 14.2 Å². The predicted octanol–water partition coefficient (Wildman–Crippen LogP) is 5.08. The van der Waals surface area contributed by atoms with Crippen molar-refractivity contribution in [2.45, 2.75) is 13.8 Å². The van der Waals surface area contributed by atoms with Crippen molar-refractivity contribution in [1.29, 1.82) is 0 Å². The minimum absolute atomic E-state index is 0.235. The smallest absolute Gasteiger partial charge is 0.343 e. The molecule has 1 N–H and O–H groups in total. The van der Waals surface area contributed by atoms with Crippen LogP contribution >= 0.6 is 11.3 Å². The van der Waals surface area contributed by atoms with Crippen molar-refractivity contribution >= 4 is 38.5 Å². The first-order valence-corrected chi connectivity index (χ1v) is 10.9. The van der Waals surface area contributed by atoms with Crippen LogP contribution in [0, 0.1) is 0 Å². The molecule has 2 aromatic carbocycles. The molecule has 9 heteroatoms. The Kier molecular flexibility index (Phi) is 6.46. The summed E-state index contributed by atoms with van der Waals surface area (Å²) in [5.41, 5.74) is 1.84. The third kappa shape index (κ3) is 4.62. The summed E-state index contributed by atoms with van der Waals surface area (Å²) in [6.45, 7) is 4.53. The SMILES string of the molecule is CCOC(=O)c1cnc(-c2ccc(OC)cc2)nc1Nc1nc2ccc(OCC)cc2s1. The maximum Gasteiger partial charge on any atom is 0.343 e. The Morgan fingerprint density at radius 3 is 2.53 bits per heavy atom. The van der Waals surface area contributed by atoms with E-state index in [2.05, 4.69) is 20.3 Å². The zero-order chi connectivity index (χ0) is 22.5. The lowest BCUT2D eigenvalue weighted by molar-refractivity contribution is 0.0526. The molecule has 0 aliphatic rings. The van der Waals surface area contributed by atoms with Gasteiger partial charge in [0.1, 0.15) is 17.1 Å². The summed E-state index contributed by atoms with van der Waals surface area (Å²) in [4.78, 5) is 26.0. The van der Waals surface area contributed by atoms with Crippen LogP contribution in [-0.2, 0) is 4.74 Å². The van der Waals surface area contributed by atoms with Gasteiger partial charge in [-0.3, -0.25) is 0 Å². The second-order valence-electron chi connectivity index (χ2n) is 6.61. The second kappa shape index (κ2) is 9.61. The Morgan fingerprint density at radius 1 is 1.03 bits per heavy atom. The number of carbonyl (C=O) groups is 1. The van der Waals surface area contributed by atoms with Crippen LogP contribution in [0.3, 0.4) is 0 Å². The number of anilines is 2. The van der Waals surface area contributed by atoms with Crippen molar-refractivity contribution in [3.63, 3.8) is 0 Å². The fraction of sp³-hybridized carbons (Fsp3) is 0.217. The van der Waals surface area contributed by atoms with Crippen LogP contribution in [0.4, 0.5) is 10.9 Å². The number of aromatic nitrogens is 3. The second-order valence-corrected chi connectivity index (χ2v) is 7.64. The number of nitrogens with zero attached hydrogens (tertiary/aromatic N) is 3. The maximum atomic E-state index is 12.5. The average Bonchev–Trinajstić information content (AvgIpc) is 3.21. The summed E-state index contributed by atoms with van der Waals surface area (Å²) in [7, 11) is 1.61. The van der Waals surface area contributed by atoms with E-state index in [1.807, 2.05) is 49.4 Å². The van der Waals surface area contributed by atoms with Crippen molar-refractivity contribution in [3.05, 3.63) is 54.2 Å². The summed E-state index contributed by atoms with van der Waals surface area (Å²) in [5.74, 6) is 1.80. The number of nitrogens with one attached hydrogen (secondary N) is 1. The van der Waals surface area contributed by atoms with Gasteiger partial charge >= 0.3 is 5.97 Å². The Hall–Kier alpha value is -3.72. The molecular weight excluding hydrogens is 428 g/mol. The fourth-order valence-electron chi connectivity index (χ4n) is 3.03. The molecule has 2 aromatic heterocycles. The molecular formula is C23H22N4O4S. The van der Waals surface area contributed by atoms with E-state index in [1.165, 1.54) is 17.5 Å². The number of thiazole rings is 1. The number of carbonyl (C=O) groups excluding carboxylic acids is 1. The zero-order valence-electron chi connectivity index (χ0n) is 17.9. The van der Waals surface area contributed by atoms with Gasteiger partial charge in [-0.15, -0.1) is 0 Å². The summed E-state index contributed by atoms with van der Waals surface area (Å²) in [6.07, 6.45) is 1.47. The maximum absolute atomic E-state index is 12.5. The first-order chi connectivity index (χ1) is 15.6. The molecule has 4 aromatic rings. The Balaban J connectivity index is 1.70. The van der Waals surface area contributed by atoms with Crippen LogP contribution < -0.4 is 14.8 Å². The molecule has 0 amide bonds. The average molecular weight is 451 g/mol. The molecule has 0 fully saturated rings. The van der Waals surface area contributed by atoms with E-state index in [-0.39, 0.29) is 12.2 Å². The number of ether oxygens (including phenoxy) is 3. The Labute approximate surface area is 189 Å². The topological polar surface area (TPSA) is 95.5 Å². The lowest BCUT2D eigenvalue weighted by atomic mass is 10.2.